The van der Waals surface area contributed by atoms with Crippen LogP contribution in [0.25, 0.3) is 0 Å². The van der Waals surface area contributed by atoms with Gasteiger partial charge in [-0.2, -0.15) is 0 Å². The molecule has 0 aromatic heterocycles. The van der Waals surface area contributed by atoms with Crippen molar-refractivity contribution in [2.75, 3.05) is 18.4 Å². The van der Waals surface area contributed by atoms with Crippen molar-refractivity contribution in [2.24, 2.45) is 0 Å². The number of carbonyl (C=O) groups is 1. The fourth-order valence-corrected chi connectivity index (χ4v) is 2.55. The van der Waals surface area contributed by atoms with Crippen molar-refractivity contribution in [3.63, 3.8) is 0 Å². The van der Waals surface area contributed by atoms with Crippen molar-refractivity contribution in [1.29, 1.82) is 0 Å². The number of fused-ring (bicyclic) bond motifs is 2. The van der Waals surface area contributed by atoms with Gasteiger partial charge in [-0.25, -0.2) is 0 Å². The van der Waals surface area contributed by atoms with E-state index in [-0.39, 0.29) is 5.91 Å². The van der Waals surface area contributed by atoms with Gasteiger partial charge >= 0.3 is 0 Å². The van der Waals surface area contributed by atoms with Gasteiger partial charge in [-0.15, -0.1) is 0 Å². The van der Waals surface area contributed by atoms with Crippen LogP contribution in [0.2, 0.25) is 5.02 Å². The Balaban J connectivity index is 2.19. The van der Waals surface area contributed by atoms with Crippen LogP contribution in [0.3, 0.4) is 0 Å². The molecule has 0 radical (unpaired) electrons. The number of hydrogen-bond donors (Lipinski definition) is 2. The molecule has 2 heterocycles. The maximum Gasteiger partial charge on any atom is 0.240 e. The molecule has 1 aromatic rings. The second-order valence-corrected chi connectivity index (χ2v) is 4.59. The first-order chi connectivity index (χ1) is 7.72. The zero-order chi connectivity index (χ0) is 11.2. The molecule has 0 fully saturated rings. The lowest BCUT2D eigenvalue weighted by Gasteiger charge is -2.27. The molecule has 1 amide bonds. The Morgan fingerprint density at radius 1 is 1.38 bits per heavy atom. The maximum atomic E-state index is 12.1. The molecule has 0 saturated heterocycles. The van der Waals surface area contributed by atoms with E-state index in [1.165, 1.54) is 0 Å². The third-order valence-corrected chi connectivity index (χ3v) is 3.42. The molecule has 3 rings (SSSR count). The summed E-state index contributed by atoms with van der Waals surface area (Å²) in [5, 5.41) is 6.75. The number of benzene rings is 1. The minimum atomic E-state index is -0.543. The van der Waals surface area contributed by atoms with Gasteiger partial charge < -0.3 is 10.6 Å². The van der Waals surface area contributed by atoms with E-state index < -0.39 is 5.41 Å². The molecule has 82 valence electrons. The number of hydrogen-bond acceptors (Lipinski definition) is 2. The van der Waals surface area contributed by atoms with Gasteiger partial charge in [-0.05, 0) is 17.7 Å². The zero-order valence-electron chi connectivity index (χ0n) is 8.59. The number of carbonyl (C=O) groups excluding carboxylic acids is 1. The van der Waals surface area contributed by atoms with E-state index in [1.807, 2.05) is 24.3 Å². The SMILES string of the molecule is O=C1Nc2cc(Cl)ccc2C12C=CCNC2. The Hall–Kier alpha value is -1.32. The van der Waals surface area contributed by atoms with E-state index in [4.69, 9.17) is 11.6 Å². The minimum Gasteiger partial charge on any atom is -0.325 e. The van der Waals surface area contributed by atoms with E-state index in [0.29, 0.717) is 11.6 Å². The van der Waals surface area contributed by atoms with E-state index >= 15 is 0 Å². The van der Waals surface area contributed by atoms with Gasteiger partial charge in [0.2, 0.25) is 5.91 Å². The summed E-state index contributed by atoms with van der Waals surface area (Å²) in [5.41, 5.74) is 1.29. The van der Waals surface area contributed by atoms with Crippen LogP contribution < -0.4 is 10.6 Å². The average molecular weight is 235 g/mol. The molecule has 2 aliphatic heterocycles. The molecular weight excluding hydrogens is 224 g/mol. The van der Waals surface area contributed by atoms with Gasteiger partial charge in [-0.1, -0.05) is 29.8 Å². The fraction of sp³-hybridized carbons (Fsp3) is 0.250. The topological polar surface area (TPSA) is 41.1 Å². The standard InChI is InChI=1S/C12H11ClN2O/c13-8-2-3-9-10(6-8)15-11(16)12(9)4-1-5-14-7-12/h1-4,6,14H,5,7H2,(H,15,16). The Morgan fingerprint density at radius 2 is 2.25 bits per heavy atom. The Bertz CT molecular complexity index is 498. The maximum absolute atomic E-state index is 12.1. The molecule has 16 heavy (non-hydrogen) atoms. The summed E-state index contributed by atoms with van der Waals surface area (Å²) in [6.45, 7) is 1.46. The van der Waals surface area contributed by atoms with Crippen molar-refractivity contribution >= 4 is 23.2 Å². The summed E-state index contributed by atoms with van der Waals surface area (Å²) in [5.74, 6) is 0.0215. The predicted molar refractivity (Wildman–Crippen MR) is 63.8 cm³/mol. The van der Waals surface area contributed by atoms with Crippen molar-refractivity contribution < 1.29 is 4.79 Å². The van der Waals surface area contributed by atoms with Gasteiger partial charge in [0.25, 0.3) is 0 Å². The molecule has 0 saturated carbocycles. The summed E-state index contributed by atoms with van der Waals surface area (Å²) < 4.78 is 0. The van der Waals surface area contributed by atoms with Gasteiger partial charge in [0.1, 0.15) is 5.41 Å². The third-order valence-electron chi connectivity index (χ3n) is 3.18. The van der Waals surface area contributed by atoms with Crippen LogP contribution >= 0.6 is 11.6 Å². The largest absolute Gasteiger partial charge is 0.325 e. The molecular formula is C12H11ClN2O. The smallest absolute Gasteiger partial charge is 0.240 e. The van der Waals surface area contributed by atoms with Crippen LogP contribution in [0.15, 0.2) is 30.4 Å². The summed E-state index contributed by atoms with van der Waals surface area (Å²) in [7, 11) is 0. The normalized spacial score (nSPS) is 26.9. The van der Waals surface area contributed by atoms with Crippen LogP contribution in [-0.4, -0.2) is 19.0 Å². The first-order valence-corrected chi connectivity index (χ1v) is 5.60. The lowest BCUT2D eigenvalue weighted by Crippen LogP contribution is -2.44. The molecule has 1 atom stereocenters. The number of anilines is 1. The third kappa shape index (κ3) is 1.22. The molecule has 4 heteroatoms. The minimum absolute atomic E-state index is 0.0215. The number of amides is 1. The number of rotatable bonds is 0. The van der Waals surface area contributed by atoms with Crippen LogP contribution in [0, 0.1) is 0 Å². The summed E-state index contributed by atoms with van der Waals surface area (Å²) in [6, 6.07) is 5.55. The second-order valence-electron chi connectivity index (χ2n) is 4.15. The Labute approximate surface area is 98.5 Å². The highest BCUT2D eigenvalue weighted by Crippen LogP contribution is 2.40. The fourth-order valence-electron chi connectivity index (χ4n) is 2.38. The van der Waals surface area contributed by atoms with Crippen LogP contribution in [0.4, 0.5) is 5.69 Å². The summed E-state index contributed by atoms with van der Waals surface area (Å²) in [4.78, 5) is 12.1. The van der Waals surface area contributed by atoms with E-state index in [0.717, 1.165) is 17.8 Å². The second kappa shape index (κ2) is 3.34. The van der Waals surface area contributed by atoms with Gasteiger partial charge in [0.05, 0.1) is 0 Å². The monoisotopic (exact) mass is 234 g/mol. The van der Waals surface area contributed by atoms with Gasteiger partial charge in [-0.3, -0.25) is 4.79 Å². The highest BCUT2D eigenvalue weighted by molar-refractivity contribution is 6.31. The zero-order valence-corrected chi connectivity index (χ0v) is 9.34. The lowest BCUT2D eigenvalue weighted by atomic mass is 9.80. The van der Waals surface area contributed by atoms with E-state index in [1.54, 1.807) is 6.07 Å². The first-order valence-electron chi connectivity index (χ1n) is 5.22. The summed E-state index contributed by atoms with van der Waals surface area (Å²) in [6.07, 6.45) is 3.98. The lowest BCUT2D eigenvalue weighted by molar-refractivity contribution is -0.119. The molecule has 2 N–H and O–H groups in total. The average Bonchev–Trinajstić information content (AvgIpc) is 2.53. The van der Waals surface area contributed by atoms with E-state index in [2.05, 4.69) is 10.6 Å². The quantitative estimate of drug-likeness (QED) is 0.671. The van der Waals surface area contributed by atoms with Gasteiger partial charge in [0, 0.05) is 23.8 Å². The highest BCUT2D eigenvalue weighted by atomic mass is 35.5. The van der Waals surface area contributed by atoms with Gasteiger partial charge in [0.15, 0.2) is 0 Å². The van der Waals surface area contributed by atoms with E-state index in [9.17, 15) is 4.79 Å². The molecule has 0 aliphatic carbocycles. The van der Waals surface area contributed by atoms with Crippen molar-refractivity contribution in [1.82, 2.24) is 5.32 Å². The Morgan fingerprint density at radius 3 is 3.00 bits per heavy atom. The highest BCUT2D eigenvalue weighted by Gasteiger charge is 2.45. The van der Waals surface area contributed by atoms with Crippen LogP contribution in [-0.2, 0) is 10.2 Å². The molecule has 1 spiro atoms. The number of nitrogens with one attached hydrogen (secondary N) is 2. The predicted octanol–water partition coefficient (Wildman–Crippen LogP) is 1.69. The first kappa shape index (κ1) is 9.87. The molecule has 3 nitrogen and oxygen atoms in total. The van der Waals surface area contributed by atoms with Crippen molar-refractivity contribution in [2.45, 2.75) is 5.41 Å². The Kier molecular flexibility index (Phi) is 2.06. The molecule has 0 bridgehead atoms. The molecule has 1 aromatic carbocycles. The summed E-state index contributed by atoms with van der Waals surface area (Å²) >= 11 is 5.91. The number of halogens is 1. The van der Waals surface area contributed by atoms with Crippen molar-refractivity contribution in [3.8, 4) is 0 Å². The van der Waals surface area contributed by atoms with Crippen LogP contribution in [0.5, 0.6) is 0 Å². The molecule has 1 unspecified atom stereocenters. The van der Waals surface area contributed by atoms with Crippen LogP contribution in [0.1, 0.15) is 5.56 Å². The van der Waals surface area contributed by atoms with Crippen molar-refractivity contribution in [3.05, 3.63) is 40.9 Å². The molecule has 2 aliphatic rings.